The number of Topliss-reactive ketones (excluding diaryl/α,β-unsaturated/α-hetero) is 1. The molecule has 0 radical (unpaired) electrons. The highest BCUT2D eigenvalue weighted by molar-refractivity contribution is 7.97. The molecule has 4 N–H and O–H groups in total. The number of carbonyl (C=O) groups excluding carboxylic acids is 5. The number of nitrogens with one attached hydrogen (secondary N) is 4. The Labute approximate surface area is 226 Å². The van der Waals surface area contributed by atoms with Gasteiger partial charge in [-0.2, -0.15) is 0 Å². The predicted molar refractivity (Wildman–Crippen MR) is 144 cm³/mol. The minimum Gasteiger partial charge on any atom is -0.345 e. The minimum atomic E-state index is -1.06. The summed E-state index contributed by atoms with van der Waals surface area (Å²) in [5, 5.41) is 7.75. The molecule has 0 fully saturated rings. The van der Waals surface area contributed by atoms with Crippen LogP contribution in [0.2, 0.25) is 0 Å². The van der Waals surface area contributed by atoms with Gasteiger partial charge < -0.3 is 20.9 Å². The van der Waals surface area contributed by atoms with Crippen molar-refractivity contribution >= 4 is 41.4 Å². The first kappa shape index (κ1) is 28.9. The highest BCUT2D eigenvalue weighted by atomic mass is 32.2. The molecule has 1 heterocycles. The summed E-state index contributed by atoms with van der Waals surface area (Å²) in [6, 6.07) is 12.6. The second kappa shape index (κ2) is 13.2. The first-order valence-electron chi connectivity index (χ1n) is 12.3. The van der Waals surface area contributed by atoms with Crippen molar-refractivity contribution in [1.29, 1.82) is 0 Å². The summed E-state index contributed by atoms with van der Waals surface area (Å²) < 4.78 is 2.98. The summed E-state index contributed by atoms with van der Waals surface area (Å²) in [5.74, 6) is -3.28. The van der Waals surface area contributed by atoms with E-state index in [0.717, 1.165) is 16.0 Å². The minimum absolute atomic E-state index is 0.166. The number of hydrogen-bond acceptors (Lipinski definition) is 7. The molecule has 0 bridgehead atoms. The molecular weight excluding hydrogens is 506 g/mol. The van der Waals surface area contributed by atoms with Crippen LogP contribution in [0, 0.1) is 5.92 Å². The molecule has 0 spiro atoms. The average Bonchev–Trinajstić information content (AvgIpc) is 3.20. The SMILES string of the molecule is CNSc1ccc(CNC(=O)C(=O)C(NC(=O)[C@H](C)NC(=O)CN2Cc3ccccc3C2=O)C(C)C)cc1. The zero-order valence-electron chi connectivity index (χ0n) is 21.9. The quantitative estimate of drug-likeness (QED) is 0.236. The fraction of sp³-hybridized carbons (Fsp3) is 0.370. The summed E-state index contributed by atoms with van der Waals surface area (Å²) in [6.07, 6.45) is 0. The molecule has 10 nitrogen and oxygen atoms in total. The number of amides is 4. The lowest BCUT2D eigenvalue weighted by molar-refractivity contribution is -0.141. The van der Waals surface area contributed by atoms with Gasteiger partial charge in [0.2, 0.25) is 17.6 Å². The Morgan fingerprint density at radius 2 is 1.66 bits per heavy atom. The normalized spacial score (nSPS) is 14.0. The molecule has 2 aromatic carbocycles. The molecule has 1 unspecified atom stereocenters. The average molecular weight is 540 g/mol. The third kappa shape index (κ3) is 7.42. The molecule has 0 aromatic heterocycles. The van der Waals surface area contributed by atoms with E-state index in [1.807, 2.05) is 43.4 Å². The van der Waals surface area contributed by atoms with Crippen LogP contribution in [0.25, 0.3) is 0 Å². The van der Waals surface area contributed by atoms with Gasteiger partial charge in [0.05, 0.1) is 6.04 Å². The van der Waals surface area contributed by atoms with Gasteiger partial charge in [0.15, 0.2) is 0 Å². The maximum absolute atomic E-state index is 12.8. The lowest BCUT2D eigenvalue weighted by atomic mass is 9.98. The molecule has 38 heavy (non-hydrogen) atoms. The molecule has 1 aliphatic rings. The van der Waals surface area contributed by atoms with Crippen LogP contribution in [0.5, 0.6) is 0 Å². The number of hydrogen-bond donors (Lipinski definition) is 4. The first-order valence-corrected chi connectivity index (χ1v) is 13.1. The van der Waals surface area contributed by atoms with Crippen LogP contribution in [-0.4, -0.2) is 60.0 Å². The molecule has 2 aromatic rings. The highest BCUT2D eigenvalue weighted by Gasteiger charge is 2.32. The number of fused-ring (bicyclic) bond motifs is 1. The Kier molecular flexibility index (Phi) is 10.0. The Morgan fingerprint density at radius 1 is 0.974 bits per heavy atom. The molecule has 11 heteroatoms. The predicted octanol–water partition coefficient (Wildman–Crippen LogP) is 1.40. The van der Waals surface area contributed by atoms with Gasteiger partial charge in [0.25, 0.3) is 11.8 Å². The van der Waals surface area contributed by atoms with E-state index in [0.29, 0.717) is 12.1 Å². The lowest BCUT2D eigenvalue weighted by Crippen LogP contribution is -2.55. The Hall–Kier alpha value is -3.70. The lowest BCUT2D eigenvalue weighted by Gasteiger charge is -2.23. The monoisotopic (exact) mass is 539 g/mol. The van der Waals surface area contributed by atoms with E-state index < -0.39 is 35.6 Å². The standard InChI is InChI=1S/C27H33N5O5S/c1-16(2)23(24(34)26(36)29-13-18-9-11-20(12-10-18)38-28-4)31-25(35)17(3)30-22(33)15-32-14-19-7-5-6-8-21(19)27(32)37/h5-12,16-17,23,28H,13-15H2,1-4H3,(H,29,36)(H,30,33)(H,31,35)/t17-,23?/m0/s1. The van der Waals surface area contributed by atoms with Gasteiger partial charge in [0, 0.05) is 23.5 Å². The fourth-order valence-electron chi connectivity index (χ4n) is 3.99. The molecule has 0 aliphatic carbocycles. The van der Waals surface area contributed by atoms with Crippen LogP contribution >= 0.6 is 11.9 Å². The number of rotatable bonds is 12. The Morgan fingerprint density at radius 3 is 2.29 bits per heavy atom. The van der Waals surface area contributed by atoms with Gasteiger partial charge in [-0.15, -0.1) is 0 Å². The van der Waals surface area contributed by atoms with Gasteiger partial charge in [-0.1, -0.05) is 44.2 Å². The van der Waals surface area contributed by atoms with Crippen molar-refractivity contribution in [2.45, 2.75) is 50.8 Å². The van der Waals surface area contributed by atoms with Crippen LogP contribution in [-0.2, 0) is 32.3 Å². The van der Waals surface area contributed by atoms with Gasteiger partial charge in [-0.05, 0) is 61.2 Å². The maximum atomic E-state index is 12.8. The largest absolute Gasteiger partial charge is 0.345 e. The second-order valence-corrected chi connectivity index (χ2v) is 10.4. The highest BCUT2D eigenvalue weighted by Crippen LogP contribution is 2.21. The number of benzene rings is 2. The second-order valence-electron chi connectivity index (χ2n) is 9.33. The van der Waals surface area contributed by atoms with Gasteiger partial charge >= 0.3 is 0 Å². The summed E-state index contributed by atoms with van der Waals surface area (Å²) in [7, 11) is 1.82. The smallest absolute Gasteiger partial charge is 0.289 e. The van der Waals surface area contributed by atoms with Crippen LogP contribution in [0.3, 0.4) is 0 Å². The summed E-state index contributed by atoms with van der Waals surface area (Å²) in [6.45, 7) is 5.20. The van der Waals surface area contributed by atoms with E-state index in [1.165, 1.54) is 23.8 Å². The number of nitrogens with zero attached hydrogens (tertiary/aromatic N) is 1. The van der Waals surface area contributed by atoms with Crippen LogP contribution in [0.1, 0.15) is 42.3 Å². The van der Waals surface area contributed by atoms with Gasteiger partial charge in [-0.25, -0.2) is 0 Å². The summed E-state index contributed by atoms with van der Waals surface area (Å²) in [4.78, 5) is 65.6. The van der Waals surface area contributed by atoms with Crippen molar-refractivity contribution in [1.82, 2.24) is 25.6 Å². The zero-order chi connectivity index (χ0) is 27.8. The topological polar surface area (TPSA) is 137 Å². The van der Waals surface area contributed by atoms with E-state index in [1.54, 1.807) is 26.0 Å². The number of carbonyl (C=O) groups is 5. The van der Waals surface area contributed by atoms with Gasteiger partial charge in [0.1, 0.15) is 12.6 Å². The van der Waals surface area contributed by atoms with Crippen molar-refractivity contribution in [3.05, 3.63) is 65.2 Å². The molecular formula is C27H33N5O5S. The van der Waals surface area contributed by atoms with Crippen LogP contribution < -0.4 is 20.7 Å². The maximum Gasteiger partial charge on any atom is 0.289 e. The molecule has 2 atom stereocenters. The third-order valence-electron chi connectivity index (χ3n) is 6.07. The molecule has 4 amide bonds. The van der Waals surface area contributed by atoms with Gasteiger partial charge in [-0.3, -0.25) is 28.7 Å². The Balaban J connectivity index is 1.50. The fourth-order valence-corrected chi connectivity index (χ4v) is 4.49. The Bertz CT molecular complexity index is 1200. The van der Waals surface area contributed by atoms with Crippen molar-refractivity contribution in [2.75, 3.05) is 13.6 Å². The van der Waals surface area contributed by atoms with E-state index in [-0.39, 0.29) is 24.9 Å². The van der Waals surface area contributed by atoms with E-state index >= 15 is 0 Å². The summed E-state index contributed by atoms with van der Waals surface area (Å²) in [5.41, 5.74) is 2.23. The van der Waals surface area contributed by atoms with Crippen molar-refractivity contribution < 1.29 is 24.0 Å². The van der Waals surface area contributed by atoms with Crippen molar-refractivity contribution in [3.8, 4) is 0 Å². The van der Waals surface area contributed by atoms with E-state index in [9.17, 15) is 24.0 Å². The molecule has 1 aliphatic heterocycles. The molecule has 0 saturated carbocycles. The van der Waals surface area contributed by atoms with E-state index in [2.05, 4.69) is 20.7 Å². The van der Waals surface area contributed by atoms with Crippen molar-refractivity contribution in [3.63, 3.8) is 0 Å². The third-order valence-corrected chi connectivity index (χ3v) is 6.78. The summed E-state index contributed by atoms with van der Waals surface area (Å²) >= 11 is 1.46. The van der Waals surface area contributed by atoms with Crippen LogP contribution in [0.15, 0.2) is 53.4 Å². The van der Waals surface area contributed by atoms with E-state index in [4.69, 9.17) is 0 Å². The van der Waals surface area contributed by atoms with Crippen LogP contribution in [0.4, 0.5) is 0 Å². The molecule has 202 valence electrons. The number of ketones is 1. The molecule has 0 saturated heterocycles. The van der Waals surface area contributed by atoms with Crippen molar-refractivity contribution in [2.24, 2.45) is 5.92 Å². The first-order chi connectivity index (χ1) is 18.1. The molecule has 3 rings (SSSR count). The zero-order valence-corrected chi connectivity index (χ0v) is 22.7.